The van der Waals surface area contributed by atoms with Gasteiger partial charge in [0.15, 0.2) is 0 Å². The molecule has 0 radical (unpaired) electrons. The van der Waals surface area contributed by atoms with Crippen LogP contribution in [0.4, 0.5) is 5.69 Å². The van der Waals surface area contributed by atoms with Gasteiger partial charge >= 0.3 is 0 Å². The Balaban J connectivity index is 2.59. The van der Waals surface area contributed by atoms with Gasteiger partial charge in [-0.3, -0.25) is 4.98 Å². The standard InChI is InChI=1S/C13H14N2/c1-9-4-3-5-11(6-9)12-7-15-8-13(14)10(12)2/h3-8H,14H2,1-2H3. The van der Waals surface area contributed by atoms with Gasteiger partial charge in [0.2, 0.25) is 0 Å². The molecule has 0 saturated heterocycles. The van der Waals surface area contributed by atoms with E-state index in [1.807, 2.05) is 19.2 Å². The Morgan fingerprint density at radius 3 is 2.67 bits per heavy atom. The Morgan fingerprint density at radius 2 is 1.93 bits per heavy atom. The van der Waals surface area contributed by atoms with E-state index < -0.39 is 0 Å². The molecule has 2 aromatic rings. The minimum atomic E-state index is 0.744. The minimum absolute atomic E-state index is 0.744. The Labute approximate surface area is 89.8 Å². The lowest BCUT2D eigenvalue weighted by molar-refractivity contribution is 1.29. The summed E-state index contributed by atoms with van der Waals surface area (Å²) in [5.74, 6) is 0. The first-order valence-electron chi connectivity index (χ1n) is 4.95. The number of hydrogen-bond acceptors (Lipinski definition) is 2. The van der Waals surface area contributed by atoms with E-state index >= 15 is 0 Å². The monoisotopic (exact) mass is 198 g/mol. The predicted molar refractivity (Wildman–Crippen MR) is 63.6 cm³/mol. The van der Waals surface area contributed by atoms with E-state index in [1.165, 1.54) is 11.1 Å². The van der Waals surface area contributed by atoms with Crippen molar-refractivity contribution in [3.8, 4) is 11.1 Å². The summed E-state index contributed by atoms with van der Waals surface area (Å²) in [6, 6.07) is 8.35. The van der Waals surface area contributed by atoms with E-state index in [0.717, 1.165) is 16.8 Å². The SMILES string of the molecule is Cc1cccc(-c2cncc(N)c2C)c1. The molecule has 0 bridgehead atoms. The summed E-state index contributed by atoms with van der Waals surface area (Å²) < 4.78 is 0. The summed E-state index contributed by atoms with van der Waals surface area (Å²) in [6.45, 7) is 4.10. The summed E-state index contributed by atoms with van der Waals surface area (Å²) in [4.78, 5) is 4.13. The second-order valence-electron chi connectivity index (χ2n) is 3.77. The zero-order valence-corrected chi connectivity index (χ0v) is 8.99. The van der Waals surface area contributed by atoms with Crippen LogP contribution in [0.25, 0.3) is 11.1 Å². The molecule has 0 aliphatic rings. The molecule has 76 valence electrons. The molecule has 0 amide bonds. The van der Waals surface area contributed by atoms with Crippen LogP contribution < -0.4 is 5.73 Å². The van der Waals surface area contributed by atoms with Gasteiger partial charge in [0, 0.05) is 11.8 Å². The zero-order valence-electron chi connectivity index (χ0n) is 8.99. The summed E-state index contributed by atoms with van der Waals surface area (Å²) >= 11 is 0. The molecule has 0 aliphatic carbocycles. The van der Waals surface area contributed by atoms with Gasteiger partial charge in [0.05, 0.1) is 11.9 Å². The third-order valence-corrected chi connectivity index (χ3v) is 2.58. The van der Waals surface area contributed by atoms with Crippen LogP contribution in [-0.4, -0.2) is 4.98 Å². The highest BCUT2D eigenvalue weighted by atomic mass is 14.7. The molecule has 2 rings (SSSR count). The Bertz CT molecular complexity index is 490. The number of nitrogen functional groups attached to an aromatic ring is 1. The van der Waals surface area contributed by atoms with Gasteiger partial charge in [0.1, 0.15) is 0 Å². The van der Waals surface area contributed by atoms with E-state index in [9.17, 15) is 0 Å². The highest BCUT2D eigenvalue weighted by Gasteiger charge is 2.04. The van der Waals surface area contributed by atoms with Crippen molar-refractivity contribution in [2.75, 3.05) is 5.73 Å². The van der Waals surface area contributed by atoms with Gasteiger partial charge in [-0.15, -0.1) is 0 Å². The molecule has 0 spiro atoms. The largest absolute Gasteiger partial charge is 0.397 e. The number of nitrogens with two attached hydrogens (primary N) is 1. The van der Waals surface area contributed by atoms with Gasteiger partial charge in [-0.1, -0.05) is 29.8 Å². The Hall–Kier alpha value is -1.83. The number of nitrogens with zero attached hydrogens (tertiary/aromatic N) is 1. The van der Waals surface area contributed by atoms with Gasteiger partial charge < -0.3 is 5.73 Å². The Morgan fingerprint density at radius 1 is 1.13 bits per heavy atom. The molecular weight excluding hydrogens is 184 g/mol. The smallest absolute Gasteiger partial charge is 0.0536 e. The van der Waals surface area contributed by atoms with E-state index in [2.05, 4.69) is 30.1 Å². The van der Waals surface area contributed by atoms with Crippen molar-refractivity contribution in [3.05, 3.63) is 47.8 Å². The molecule has 1 heterocycles. The van der Waals surface area contributed by atoms with E-state index in [1.54, 1.807) is 6.20 Å². The van der Waals surface area contributed by atoms with E-state index in [-0.39, 0.29) is 0 Å². The molecular formula is C13H14N2. The van der Waals surface area contributed by atoms with Crippen LogP contribution in [0.15, 0.2) is 36.7 Å². The molecule has 2 nitrogen and oxygen atoms in total. The van der Waals surface area contributed by atoms with Crippen LogP contribution in [0.1, 0.15) is 11.1 Å². The quantitative estimate of drug-likeness (QED) is 0.765. The van der Waals surface area contributed by atoms with Crippen molar-refractivity contribution in [2.45, 2.75) is 13.8 Å². The third kappa shape index (κ3) is 1.84. The average Bonchev–Trinajstić information content (AvgIpc) is 2.22. The maximum absolute atomic E-state index is 5.83. The third-order valence-electron chi connectivity index (χ3n) is 2.58. The topological polar surface area (TPSA) is 38.9 Å². The Kier molecular flexibility index (Phi) is 2.42. The lowest BCUT2D eigenvalue weighted by atomic mass is 10.0. The minimum Gasteiger partial charge on any atom is -0.397 e. The molecule has 1 aromatic heterocycles. The first-order valence-corrected chi connectivity index (χ1v) is 4.95. The summed E-state index contributed by atoms with van der Waals surface area (Å²) in [5, 5.41) is 0. The fourth-order valence-electron chi connectivity index (χ4n) is 1.64. The number of hydrogen-bond donors (Lipinski definition) is 1. The lowest BCUT2D eigenvalue weighted by Crippen LogP contribution is -1.94. The van der Waals surface area contributed by atoms with Gasteiger partial charge in [-0.25, -0.2) is 0 Å². The molecule has 2 N–H and O–H groups in total. The summed E-state index contributed by atoms with van der Waals surface area (Å²) in [6.07, 6.45) is 3.55. The fraction of sp³-hybridized carbons (Fsp3) is 0.154. The second kappa shape index (κ2) is 3.73. The predicted octanol–water partition coefficient (Wildman–Crippen LogP) is 2.95. The summed E-state index contributed by atoms with van der Waals surface area (Å²) in [5.41, 5.74) is 11.2. The van der Waals surface area contributed by atoms with Crippen LogP contribution in [0, 0.1) is 13.8 Å². The number of rotatable bonds is 1. The van der Waals surface area contributed by atoms with Crippen LogP contribution in [-0.2, 0) is 0 Å². The number of aromatic nitrogens is 1. The molecule has 15 heavy (non-hydrogen) atoms. The number of benzene rings is 1. The molecule has 0 fully saturated rings. The highest BCUT2D eigenvalue weighted by molar-refractivity contribution is 5.71. The van der Waals surface area contributed by atoms with Crippen LogP contribution in [0.3, 0.4) is 0 Å². The number of pyridine rings is 1. The second-order valence-corrected chi connectivity index (χ2v) is 3.77. The summed E-state index contributed by atoms with van der Waals surface area (Å²) in [7, 11) is 0. The number of anilines is 1. The van der Waals surface area contributed by atoms with Crippen molar-refractivity contribution in [2.24, 2.45) is 0 Å². The first-order chi connectivity index (χ1) is 7.18. The lowest BCUT2D eigenvalue weighted by Gasteiger charge is -2.08. The highest BCUT2D eigenvalue weighted by Crippen LogP contribution is 2.26. The van der Waals surface area contributed by atoms with Gasteiger partial charge in [-0.2, -0.15) is 0 Å². The molecule has 0 saturated carbocycles. The normalized spacial score (nSPS) is 10.3. The molecule has 2 heteroatoms. The molecule has 0 unspecified atom stereocenters. The maximum Gasteiger partial charge on any atom is 0.0536 e. The van der Waals surface area contributed by atoms with Crippen molar-refractivity contribution in [3.63, 3.8) is 0 Å². The van der Waals surface area contributed by atoms with Crippen LogP contribution in [0.2, 0.25) is 0 Å². The fourth-order valence-corrected chi connectivity index (χ4v) is 1.64. The van der Waals surface area contributed by atoms with E-state index in [4.69, 9.17) is 5.73 Å². The van der Waals surface area contributed by atoms with Crippen LogP contribution >= 0.6 is 0 Å². The van der Waals surface area contributed by atoms with Crippen molar-refractivity contribution in [1.82, 2.24) is 4.98 Å². The molecule has 0 atom stereocenters. The molecule has 0 aliphatic heterocycles. The average molecular weight is 198 g/mol. The molecule has 1 aromatic carbocycles. The van der Waals surface area contributed by atoms with Crippen LogP contribution in [0.5, 0.6) is 0 Å². The first kappa shape index (κ1) is 9.71. The van der Waals surface area contributed by atoms with Crippen molar-refractivity contribution in [1.29, 1.82) is 0 Å². The van der Waals surface area contributed by atoms with Crippen molar-refractivity contribution < 1.29 is 0 Å². The zero-order chi connectivity index (χ0) is 10.8. The van der Waals surface area contributed by atoms with Crippen molar-refractivity contribution >= 4 is 5.69 Å². The van der Waals surface area contributed by atoms with E-state index in [0.29, 0.717) is 0 Å². The maximum atomic E-state index is 5.83. The van der Waals surface area contributed by atoms with Gasteiger partial charge in [0.25, 0.3) is 0 Å². The van der Waals surface area contributed by atoms with Gasteiger partial charge in [-0.05, 0) is 25.0 Å². The number of aryl methyl sites for hydroxylation is 1.